The Morgan fingerprint density at radius 2 is 1.90 bits per heavy atom. The van der Waals surface area contributed by atoms with Crippen molar-refractivity contribution < 1.29 is 14.3 Å². The Hall–Kier alpha value is -4.11. The number of nitrogens with two attached hydrogens (primary N) is 1. The SMILES string of the molecule is CN(C)C/C=C/CCC(CCNC=O)C1CCNc2c(C(N)=O)c(-c3ccc(Oc4ccccc4)cc3)nn21. The number of allylic oxidation sites excluding steroid dienone is 1. The van der Waals surface area contributed by atoms with Crippen LogP contribution in [-0.4, -0.2) is 60.7 Å². The van der Waals surface area contributed by atoms with Crippen LogP contribution in [0.25, 0.3) is 11.3 Å². The van der Waals surface area contributed by atoms with Crippen molar-refractivity contribution >= 4 is 18.1 Å². The van der Waals surface area contributed by atoms with E-state index < -0.39 is 5.91 Å². The summed E-state index contributed by atoms with van der Waals surface area (Å²) >= 11 is 0. The van der Waals surface area contributed by atoms with Gasteiger partial charge < -0.3 is 26.0 Å². The van der Waals surface area contributed by atoms with Crippen LogP contribution in [0.15, 0.2) is 66.7 Å². The van der Waals surface area contributed by atoms with E-state index in [9.17, 15) is 9.59 Å². The number of carbonyl (C=O) groups is 2. The van der Waals surface area contributed by atoms with E-state index in [1.54, 1.807) is 0 Å². The van der Waals surface area contributed by atoms with Gasteiger partial charge in [0, 0.05) is 25.2 Å². The van der Waals surface area contributed by atoms with Crippen LogP contribution >= 0.6 is 0 Å². The molecule has 0 saturated heterocycles. The number of amides is 2. The predicted molar refractivity (Wildman–Crippen MR) is 154 cm³/mol. The Balaban J connectivity index is 1.60. The van der Waals surface area contributed by atoms with E-state index in [0.717, 1.165) is 50.0 Å². The molecular formula is C30H38N6O3. The summed E-state index contributed by atoms with van der Waals surface area (Å²) in [6.45, 7) is 2.21. The standard InChI is InChI=1S/C30H38N6O3/c1-35(2)20-8-4-5-9-22(16-18-32-21-37)26-17-19-33-30-27(29(31)38)28(34-36(26)30)23-12-14-25(15-13-23)39-24-10-6-3-7-11-24/h3-4,6-8,10-15,21-22,26,33H,5,9,16-20H2,1-2H3,(H2,31,38)(H,32,37)/b8-4+. The molecule has 2 amide bonds. The first-order valence-corrected chi connectivity index (χ1v) is 13.4. The van der Waals surface area contributed by atoms with Crippen LogP contribution in [0, 0.1) is 5.92 Å². The maximum absolute atomic E-state index is 12.7. The Morgan fingerprint density at radius 1 is 1.15 bits per heavy atom. The Bertz CT molecular complexity index is 1250. The Labute approximate surface area is 230 Å². The van der Waals surface area contributed by atoms with Crippen molar-refractivity contribution in [2.24, 2.45) is 11.7 Å². The number of nitrogens with zero attached hydrogens (tertiary/aromatic N) is 3. The van der Waals surface area contributed by atoms with Gasteiger partial charge in [0.05, 0.1) is 6.04 Å². The second-order valence-corrected chi connectivity index (χ2v) is 10.0. The highest BCUT2D eigenvalue weighted by Gasteiger charge is 2.33. The van der Waals surface area contributed by atoms with Crippen molar-refractivity contribution in [1.82, 2.24) is 20.0 Å². The molecule has 9 nitrogen and oxygen atoms in total. The minimum atomic E-state index is -0.519. The zero-order chi connectivity index (χ0) is 27.6. The molecule has 0 saturated carbocycles. The number of anilines is 1. The van der Waals surface area contributed by atoms with Crippen molar-refractivity contribution in [1.29, 1.82) is 0 Å². The number of hydrogen-bond donors (Lipinski definition) is 3. The molecule has 0 spiro atoms. The molecule has 0 radical (unpaired) electrons. The van der Waals surface area contributed by atoms with Crippen LogP contribution in [-0.2, 0) is 4.79 Å². The molecule has 1 aromatic heterocycles. The molecular weight excluding hydrogens is 492 g/mol. The van der Waals surface area contributed by atoms with Gasteiger partial charge in [-0.3, -0.25) is 9.59 Å². The highest BCUT2D eigenvalue weighted by atomic mass is 16.5. The summed E-state index contributed by atoms with van der Waals surface area (Å²) in [5.74, 6) is 1.84. The average Bonchev–Trinajstić information content (AvgIpc) is 3.33. The first-order chi connectivity index (χ1) is 19.0. The molecule has 0 fully saturated rings. The summed E-state index contributed by atoms with van der Waals surface area (Å²) in [6, 6.07) is 17.2. The van der Waals surface area contributed by atoms with Crippen LogP contribution in [0.2, 0.25) is 0 Å². The van der Waals surface area contributed by atoms with Gasteiger partial charge >= 0.3 is 0 Å². The van der Waals surface area contributed by atoms with Crippen LogP contribution in [0.4, 0.5) is 5.82 Å². The third kappa shape index (κ3) is 7.26. The second kappa shape index (κ2) is 13.6. The molecule has 2 heterocycles. The van der Waals surface area contributed by atoms with Crippen molar-refractivity contribution in [3.05, 3.63) is 72.3 Å². The summed E-state index contributed by atoms with van der Waals surface area (Å²) in [7, 11) is 4.09. The Morgan fingerprint density at radius 3 is 2.59 bits per heavy atom. The molecule has 2 aromatic carbocycles. The van der Waals surface area contributed by atoms with Crippen molar-refractivity contribution in [3.63, 3.8) is 0 Å². The fourth-order valence-electron chi connectivity index (χ4n) is 5.05. The molecule has 2 unspecified atom stereocenters. The normalized spacial score (nSPS) is 15.5. The smallest absolute Gasteiger partial charge is 0.254 e. The lowest BCUT2D eigenvalue weighted by atomic mass is 9.88. The van der Waals surface area contributed by atoms with Crippen LogP contribution in [0.3, 0.4) is 0 Å². The predicted octanol–water partition coefficient (Wildman–Crippen LogP) is 4.45. The van der Waals surface area contributed by atoms with E-state index in [0.29, 0.717) is 35.9 Å². The fourth-order valence-corrected chi connectivity index (χ4v) is 5.05. The zero-order valence-electron chi connectivity index (χ0n) is 22.7. The number of hydrogen-bond acceptors (Lipinski definition) is 6. The molecule has 1 aliphatic rings. The van der Waals surface area contributed by atoms with Gasteiger partial charge in [0.2, 0.25) is 6.41 Å². The topological polar surface area (TPSA) is 115 Å². The first kappa shape index (κ1) is 27.9. The van der Waals surface area contributed by atoms with Crippen molar-refractivity contribution in [2.75, 3.05) is 39.0 Å². The van der Waals surface area contributed by atoms with E-state index in [4.69, 9.17) is 15.6 Å². The zero-order valence-corrected chi connectivity index (χ0v) is 22.7. The molecule has 1 aliphatic heterocycles. The average molecular weight is 531 g/mol. The van der Waals surface area contributed by atoms with Gasteiger partial charge in [-0.25, -0.2) is 4.68 Å². The number of carbonyl (C=O) groups excluding carboxylic acids is 2. The van der Waals surface area contributed by atoms with Gasteiger partial charge in [-0.05, 0) is 82.1 Å². The fraction of sp³-hybridized carbons (Fsp3) is 0.367. The quantitative estimate of drug-likeness (QED) is 0.161. The van der Waals surface area contributed by atoms with Gasteiger partial charge in [-0.1, -0.05) is 30.4 Å². The number of fused-ring (bicyclic) bond motifs is 1. The van der Waals surface area contributed by atoms with E-state index in [1.807, 2.05) is 73.4 Å². The number of aromatic nitrogens is 2. The van der Waals surface area contributed by atoms with Gasteiger partial charge in [0.25, 0.3) is 5.91 Å². The monoisotopic (exact) mass is 530 g/mol. The Kier molecular flexibility index (Phi) is 9.74. The molecule has 0 bridgehead atoms. The molecule has 39 heavy (non-hydrogen) atoms. The molecule has 4 N–H and O–H groups in total. The summed E-state index contributed by atoms with van der Waals surface area (Å²) in [5, 5.41) is 11.1. The molecule has 2 atom stereocenters. The lowest BCUT2D eigenvalue weighted by Crippen LogP contribution is -2.31. The molecule has 9 heteroatoms. The number of para-hydroxylation sites is 1. The highest BCUT2D eigenvalue weighted by Crippen LogP contribution is 2.39. The minimum Gasteiger partial charge on any atom is -0.457 e. The largest absolute Gasteiger partial charge is 0.457 e. The maximum atomic E-state index is 12.7. The highest BCUT2D eigenvalue weighted by molar-refractivity contribution is 6.03. The molecule has 3 aromatic rings. The van der Waals surface area contributed by atoms with Crippen LogP contribution in [0.1, 0.15) is 42.1 Å². The number of likely N-dealkylation sites (N-methyl/N-ethyl adjacent to an activating group) is 1. The minimum absolute atomic E-state index is 0.0736. The lowest BCUT2D eigenvalue weighted by molar-refractivity contribution is -0.109. The maximum Gasteiger partial charge on any atom is 0.254 e. The number of benzene rings is 2. The van der Waals surface area contributed by atoms with E-state index in [1.165, 1.54) is 0 Å². The van der Waals surface area contributed by atoms with Crippen LogP contribution < -0.4 is 21.1 Å². The summed E-state index contributed by atoms with van der Waals surface area (Å²) in [5.41, 5.74) is 7.63. The van der Waals surface area contributed by atoms with Gasteiger partial charge in [-0.15, -0.1) is 0 Å². The van der Waals surface area contributed by atoms with Crippen LogP contribution in [0.5, 0.6) is 11.5 Å². The third-order valence-corrected chi connectivity index (χ3v) is 6.94. The summed E-state index contributed by atoms with van der Waals surface area (Å²) < 4.78 is 7.87. The lowest BCUT2D eigenvalue weighted by Gasteiger charge is -2.32. The summed E-state index contributed by atoms with van der Waals surface area (Å²) in [4.78, 5) is 25.7. The van der Waals surface area contributed by atoms with Crippen molar-refractivity contribution in [3.8, 4) is 22.8 Å². The molecule has 206 valence electrons. The number of ether oxygens (including phenoxy) is 1. The number of primary amides is 1. The third-order valence-electron chi connectivity index (χ3n) is 6.94. The van der Waals surface area contributed by atoms with E-state index >= 15 is 0 Å². The van der Waals surface area contributed by atoms with Crippen molar-refractivity contribution in [2.45, 2.75) is 31.7 Å². The molecule has 0 aliphatic carbocycles. The number of rotatable bonds is 14. The van der Waals surface area contributed by atoms with Gasteiger partial charge in [0.1, 0.15) is 28.6 Å². The molecule has 4 rings (SSSR count). The number of nitrogens with one attached hydrogen (secondary N) is 2. The van der Waals surface area contributed by atoms with E-state index in [-0.39, 0.29) is 12.0 Å². The van der Waals surface area contributed by atoms with Gasteiger partial charge in [-0.2, -0.15) is 5.10 Å². The van der Waals surface area contributed by atoms with E-state index in [2.05, 4.69) is 27.7 Å². The first-order valence-electron chi connectivity index (χ1n) is 13.4. The van der Waals surface area contributed by atoms with Gasteiger partial charge in [0.15, 0.2) is 0 Å². The summed E-state index contributed by atoms with van der Waals surface area (Å²) in [6.07, 6.45) is 8.69. The second-order valence-electron chi connectivity index (χ2n) is 10.0.